The molecule has 2 aliphatic carbocycles. The smallest absolute Gasteiger partial charge is 0.475 e. The zero-order valence-electron chi connectivity index (χ0n) is 59.0. The van der Waals surface area contributed by atoms with Crippen molar-refractivity contribution >= 4 is 48.0 Å². The van der Waals surface area contributed by atoms with Crippen molar-refractivity contribution in [1.82, 2.24) is 78.8 Å². The van der Waals surface area contributed by atoms with E-state index in [0.29, 0.717) is 71.4 Å². The number of likely N-dealkylation sites (tertiary alicyclic amines) is 2. The molecule has 0 bridgehead atoms. The molecule has 2 saturated heterocycles. The first kappa shape index (κ1) is 86.3. The summed E-state index contributed by atoms with van der Waals surface area (Å²) in [6.45, 7) is 9.62. The zero-order chi connectivity index (χ0) is 81.7. The Morgan fingerprint density at radius 3 is 1.42 bits per heavy atom. The Hall–Kier alpha value is -10.3. The van der Waals surface area contributed by atoms with Gasteiger partial charge >= 0.3 is 48.8 Å². The van der Waals surface area contributed by atoms with Crippen molar-refractivity contribution < 1.29 is 119 Å². The number of hydrogen-bond donors (Lipinski definition) is 5. The molecule has 4 fully saturated rings. The Kier molecular flexibility index (Phi) is 27.9. The van der Waals surface area contributed by atoms with E-state index >= 15 is 0 Å². The highest BCUT2D eigenvalue weighted by molar-refractivity contribution is 6.76. The van der Waals surface area contributed by atoms with E-state index in [1.165, 1.54) is 18.5 Å². The van der Waals surface area contributed by atoms with E-state index in [1.54, 1.807) is 18.7 Å². The minimum absolute atomic E-state index is 0.0167. The number of ether oxygens (including phenoxy) is 3. The van der Waals surface area contributed by atoms with E-state index in [4.69, 9.17) is 49.0 Å². The largest absolute Gasteiger partial charge is 0.490 e. The monoisotopic (exact) mass is 1610 g/mol. The number of halogens is 16. The van der Waals surface area contributed by atoms with Crippen LogP contribution in [0.1, 0.15) is 87.2 Å². The molecule has 8 aromatic rings. The average Bonchev–Trinajstić information content (AvgIpc) is 1.71. The third-order valence-electron chi connectivity index (χ3n) is 18.0. The number of aromatic amines is 1. The number of aliphatic hydroxyl groups is 1. The molecular weight excluding hydrogens is 1540 g/mol. The summed E-state index contributed by atoms with van der Waals surface area (Å²) in [4.78, 5) is 66.3. The average molecular weight is 1610 g/mol. The molecule has 0 amide bonds. The van der Waals surface area contributed by atoms with E-state index in [-0.39, 0.29) is 66.9 Å². The molecule has 45 heteroatoms. The lowest BCUT2D eigenvalue weighted by Gasteiger charge is -2.53. The number of aliphatic hydroxyl groups excluding tert-OH is 1. The standard InChI is InChI=1S/C33H42F3N9O3Si.C27H27F4N9O.3C2HF3O2/c1-49(2,3)15-14-47-22-43-12-8-27-29(38-21-39-30(27)43)23-17-40-45(18-23)32(10-11-37)19-44(20-32)25-4-6-26(7-5-25)48-28-16-24(9-13-46)41-31(42-28)33(34,35)36;28-8-5-18-11-22(38-25(37-18)27(29,30)31)41-20-3-1-19(2-4-20)39-14-26(15-39,7-9-32)40-13-17(12-36-40)23-21-6-10-33-24(21)35-16-34-23;3*3-2(4,5)1(6)7/h8,12,16-18,21,25-26,46H,4-7,9-10,13-15,19-20,22H2,1-3H3;6,10-13,16,19-20H,1-5,7-8,14-15H2,(H,33,34,35);3*(H,6,7)/t25-,26+;19-,20+;;;. The maximum absolute atomic E-state index is 13.3. The van der Waals surface area contributed by atoms with Crippen molar-refractivity contribution in [2.45, 2.75) is 176 Å². The Labute approximate surface area is 620 Å². The van der Waals surface area contributed by atoms with Crippen LogP contribution in [0.15, 0.2) is 74.1 Å². The SMILES string of the molecule is C[Si](C)(C)CCOCn1ccc2c(-c3cnn(C4(CC#N)CN([C@H]5CC[C@@H](Oc6cc(CCO)nc(C(F)(F)F)n6)CC5)C4)c3)ncnc21.N#CCC1(n2cc(-c3ncnc4[nH]ccc34)cn2)CN([C@H]2CC[C@@H](Oc3cc(CCF)nc(C(F)(F)F)n3)CC2)C1.O=C(O)C(F)(F)F.O=C(O)C(F)(F)F.O=C(O)C(F)(F)F. The third-order valence-corrected chi connectivity index (χ3v) is 19.7. The van der Waals surface area contributed by atoms with Crippen LogP contribution in [0.25, 0.3) is 44.6 Å². The lowest BCUT2D eigenvalue weighted by atomic mass is 9.82. The van der Waals surface area contributed by atoms with Crippen LogP contribution in [0.4, 0.5) is 70.2 Å². The van der Waals surface area contributed by atoms with Gasteiger partial charge in [0.05, 0.1) is 66.8 Å². The van der Waals surface area contributed by atoms with E-state index in [1.807, 2.05) is 50.9 Å². The summed E-state index contributed by atoms with van der Waals surface area (Å²) in [6, 6.07) is 12.9. The second kappa shape index (κ2) is 35.8. The number of carboxylic acids is 3. The summed E-state index contributed by atoms with van der Waals surface area (Å²) >= 11 is 0. The fourth-order valence-corrected chi connectivity index (χ4v) is 13.2. The van der Waals surface area contributed by atoms with Gasteiger partial charge < -0.3 is 44.2 Å². The summed E-state index contributed by atoms with van der Waals surface area (Å²) in [5.74, 6) is -11.2. The van der Waals surface area contributed by atoms with Crippen molar-refractivity contribution in [1.29, 1.82) is 10.5 Å². The number of fused-ring (bicyclic) bond motifs is 2. The van der Waals surface area contributed by atoms with Crippen LogP contribution in [-0.2, 0) is 62.1 Å². The lowest BCUT2D eigenvalue weighted by Crippen LogP contribution is -2.65. The number of aryl methyl sites for hydroxylation is 1. The summed E-state index contributed by atoms with van der Waals surface area (Å²) in [5.41, 5.74) is 3.89. The van der Waals surface area contributed by atoms with E-state index < -0.39 is 86.3 Å². The van der Waals surface area contributed by atoms with Crippen molar-refractivity contribution in [3.05, 3.63) is 97.1 Å². The molecule has 0 aromatic carbocycles. The molecule has 2 saturated carbocycles. The van der Waals surface area contributed by atoms with Crippen LogP contribution in [0.3, 0.4) is 0 Å². The van der Waals surface area contributed by atoms with Gasteiger partial charge in [-0.15, -0.1) is 0 Å². The molecule has 12 rings (SSSR count). The number of nitrogens with one attached hydrogen (secondary N) is 1. The molecular formula is C66H72F16N18O10Si. The van der Waals surface area contributed by atoms with Gasteiger partial charge in [-0.05, 0) is 69.5 Å². The zero-order valence-corrected chi connectivity index (χ0v) is 60.0. The number of carboxylic acid groups (broad SMARTS) is 3. The summed E-state index contributed by atoms with van der Waals surface area (Å²) in [6.07, 6.45) is -4.85. The predicted octanol–water partition coefficient (Wildman–Crippen LogP) is 11.6. The number of alkyl halides is 16. The van der Waals surface area contributed by atoms with Crippen molar-refractivity contribution in [3.8, 4) is 46.4 Å². The number of nitrogens with zero attached hydrogens (tertiary/aromatic N) is 17. The van der Waals surface area contributed by atoms with Gasteiger partial charge in [0.1, 0.15) is 54.0 Å². The first-order valence-electron chi connectivity index (χ1n) is 33.8. The minimum Gasteiger partial charge on any atom is -0.475 e. The Bertz CT molecular complexity index is 4480. The van der Waals surface area contributed by atoms with E-state index in [2.05, 4.69) is 91.5 Å². The van der Waals surface area contributed by atoms with Crippen LogP contribution in [-0.4, -0.2) is 214 Å². The molecule has 111 heavy (non-hydrogen) atoms. The van der Waals surface area contributed by atoms with Crippen molar-refractivity contribution in [2.24, 2.45) is 0 Å². The topological polar surface area (TPSA) is 373 Å². The summed E-state index contributed by atoms with van der Waals surface area (Å²) in [7, 11) is -1.18. The number of hydrogen-bond acceptors (Lipinski definition) is 21. The Morgan fingerprint density at radius 1 is 0.604 bits per heavy atom. The molecule has 0 radical (unpaired) electrons. The van der Waals surface area contributed by atoms with Gasteiger partial charge in [0, 0.05) is 131 Å². The van der Waals surface area contributed by atoms with Gasteiger partial charge in [0.2, 0.25) is 23.4 Å². The molecule has 8 aromatic heterocycles. The number of H-pyrrole nitrogens is 1. The fraction of sp³-hybridized carbons (Fsp3) is 0.530. The molecule has 0 unspecified atom stereocenters. The maximum Gasteiger partial charge on any atom is 0.490 e. The first-order valence-corrected chi connectivity index (χ1v) is 37.5. The highest BCUT2D eigenvalue weighted by Crippen LogP contribution is 2.42. The number of carbonyl (C=O) groups is 3. The highest BCUT2D eigenvalue weighted by Gasteiger charge is 2.51. The molecule has 602 valence electrons. The van der Waals surface area contributed by atoms with Crippen LogP contribution >= 0.6 is 0 Å². The molecule has 2 aliphatic heterocycles. The predicted molar refractivity (Wildman–Crippen MR) is 356 cm³/mol. The van der Waals surface area contributed by atoms with Gasteiger partial charge in [0.25, 0.3) is 0 Å². The summed E-state index contributed by atoms with van der Waals surface area (Å²) < 4.78 is 211. The van der Waals surface area contributed by atoms with Gasteiger partial charge in [-0.1, -0.05) is 19.6 Å². The van der Waals surface area contributed by atoms with Crippen molar-refractivity contribution in [3.63, 3.8) is 0 Å². The number of nitriles is 2. The van der Waals surface area contributed by atoms with Crippen LogP contribution < -0.4 is 9.47 Å². The minimum atomic E-state index is -5.08. The van der Waals surface area contributed by atoms with Gasteiger partial charge in [-0.2, -0.15) is 96.5 Å². The van der Waals surface area contributed by atoms with Crippen molar-refractivity contribution in [2.75, 3.05) is 46.1 Å². The molecule has 10 heterocycles. The molecule has 4 aliphatic rings. The second-order valence-corrected chi connectivity index (χ2v) is 32.9. The number of rotatable bonds is 21. The van der Waals surface area contributed by atoms with Crippen LogP contribution in [0.5, 0.6) is 11.8 Å². The maximum atomic E-state index is 13.3. The first-order chi connectivity index (χ1) is 52.0. The second-order valence-electron chi connectivity index (χ2n) is 27.3. The van der Waals surface area contributed by atoms with E-state index in [0.717, 1.165) is 82.9 Å². The van der Waals surface area contributed by atoms with Crippen LogP contribution in [0, 0.1) is 22.7 Å². The normalized spacial score (nSPS) is 18.6. The third kappa shape index (κ3) is 23.2. The van der Waals surface area contributed by atoms with Gasteiger partial charge in [0.15, 0.2) is 0 Å². The molecule has 5 N–H and O–H groups in total. The van der Waals surface area contributed by atoms with Gasteiger partial charge in [-0.3, -0.25) is 23.6 Å². The lowest BCUT2D eigenvalue weighted by molar-refractivity contribution is -0.193. The fourth-order valence-electron chi connectivity index (χ4n) is 12.5. The quantitative estimate of drug-likeness (QED) is 0.0253. The van der Waals surface area contributed by atoms with Gasteiger partial charge in [-0.25, -0.2) is 44.3 Å². The van der Waals surface area contributed by atoms with Crippen LogP contribution in [0.2, 0.25) is 25.7 Å². The molecule has 0 spiro atoms. The number of aliphatic carboxylic acids is 3. The molecule has 0 atom stereocenters. The number of aromatic nitrogens is 14. The van der Waals surface area contributed by atoms with E-state index in [9.17, 15) is 85.9 Å². The molecule has 28 nitrogen and oxygen atoms in total. The highest BCUT2D eigenvalue weighted by atomic mass is 28.3. The Morgan fingerprint density at radius 2 is 1.03 bits per heavy atom. The Balaban J connectivity index is 0.000000223. The summed E-state index contributed by atoms with van der Waals surface area (Å²) in [5, 5.41) is 61.1.